The Balaban J connectivity index is 2.77. The fraction of sp³-hybridized carbons (Fsp3) is 0.500. The van der Waals surface area contributed by atoms with Gasteiger partial charge in [-0.2, -0.15) is 21.6 Å². The average molecular weight is 245 g/mol. The first kappa shape index (κ1) is 12.0. The minimum atomic E-state index is -4.68. The van der Waals surface area contributed by atoms with Crippen molar-refractivity contribution in [1.29, 1.82) is 0 Å². The van der Waals surface area contributed by atoms with Crippen molar-refractivity contribution in [3.05, 3.63) is 18.7 Å². The van der Waals surface area contributed by atoms with Gasteiger partial charge in [0.25, 0.3) is 6.33 Å². The second-order valence-electron chi connectivity index (χ2n) is 2.74. The van der Waals surface area contributed by atoms with E-state index in [-0.39, 0.29) is 0 Å². The Kier molecular flexibility index (Phi) is 3.05. The van der Waals surface area contributed by atoms with E-state index < -0.39 is 23.1 Å². The van der Waals surface area contributed by atoms with Crippen molar-refractivity contribution in [2.45, 2.75) is 6.18 Å². The number of hydrogen-bond donors (Lipinski definition) is 0. The molecular weight excluding hydrogens is 237 g/mol. The average Bonchev–Trinajstić information content (AvgIpc) is 2.48. The lowest BCUT2D eigenvalue weighted by molar-refractivity contribution is -0.670. The molecule has 15 heavy (non-hydrogen) atoms. The summed E-state index contributed by atoms with van der Waals surface area (Å²) < 4.78 is 63.0. The molecule has 0 fully saturated rings. The van der Waals surface area contributed by atoms with Crippen molar-refractivity contribution in [3.63, 3.8) is 0 Å². The largest absolute Gasteiger partial charge is 0.442 e. The van der Waals surface area contributed by atoms with E-state index in [0.717, 1.165) is 12.5 Å². The summed E-state index contributed by atoms with van der Waals surface area (Å²) in [6.45, 7) is -1.84. The van der Waals surface area contributed by atoms with E-state index in [0.29, 0.717) is 3.97 Å². The first-order valence-corrected chi connectivity index (χ1v) is 5.07. The van der Waals surface area contributed by atoms with Crippen molar-refractivity contribution >= 4 is 10.3 Å². The van der Waals surface area contributed by atoms with E-state index in [2.05, 4.69) is 4.18 Å². The molecule has 0 N–H and O–H groups in total. The van der Waals surface area contributed by atoms with Gasteiger partial charge in [0.15, 0.2) is 6.61 Å². The molecule has 0 aliphatic rings. The maximum Gasteiger partial charge on any atom is 0.442 e. The van der Waals surface area contributed by atoms with Crippen LogP contribution < -0.4 is 4.57 Å². The smallest absolute Gasteiger partial charge is 0.238 e. The molecule has 1 aromatic heterocycles. The van der Waals surface area contributed by atoms with E-state index in [9.17, 15) is 21.6 Å². The maximum absolute atomic E-state index is 11.7. The number of rotatable bonds is 3. The van der Waals surface area contributed by atoms with Gasteiger partial charge in [0.2, 0.25) is 0 Å². The molecule has 0 atom stereocenters. The van der Waals surface area contributed by atoms with Crippen LogP contribution in [0, 0.1) is 0 Å². The zero-order valence-electron chi connectivity index (χ0n) is 7.60. The fourth-order valence-electron chi connectivity index (χ4n) is 0.762. The molecule has 0 unspecified atom stereocenters. The molecule has 1 heterocycles. The standard InChI is InChI=1S/C6H8F3N2O3S/c1-10-2-3-11(5-10)15(12,13)14-4-6(7,8)9/h2-3,5H,4H2,1H3/q+1. The SMILES string of the molecule is C[n+]1ccn(S(=O)(=O)OCC(F)(F)F)c1. The highest BCUT2D eigenvalue weighted by Gasteiger charge is 2.33. The summed E-state index contributed by atoms with van der Waals surface area (Å²) >= 11 is 0. The summed E-state index contributed by atoms with van der Waals surface area (Å²) in [7, 11) is -2.87. The van der Waals surface area contributed by atoms with Crippen LogP contribution in [0.15, 0.2) is 18.7 Å². The normalized spacial score (nSPS) is 13.1. The summed E-state index contributed by atoms with van der Waals surface area (Å²) in [5.41, 5.74) is 0. The zero-order valence-corrected chi connectivity index (χ0v) is 8.42. The molecule has 9 heteroatoms. The Morgan fingerprint density at radius 3 is 2.47 bits per heavy atom. The zero-order chi connectivity index (χ0) is 11.7. The third kappa shape index (κ3) is 3.51. The van der Waals surface area contributed by atoms with Gasteiger partial charge in [-0.3, -0.25) is 0 Å². The second-order valence-corrected chi connectivity index (χ2v) is 4.26. The lowest BCUT2D eigenvalue weighted by atomic mass is 10.7. The highest BCUT2D eigenvalue weighted by atomic mass is 32.2. The molecule has 0 radical (unpaired) electrons. The van der Waals surface area contributed by atoms with Crippen LogP contribution in [0.3, 0.4) is 0 Å². The molecule has 0 aliphatic heterocycles. The van der Waals surface area contributed by atoms with Crippen LogP contribution in [0.25, 0.3) is 0 Å². The van der Waals surface area contributed by atoms with Crippen LogP contribution in [0.4, 0.5) is 13.2 Å². The number of alkyl halides is 3. The predicted molar refractivity (Wildman–Crippen MR) is 41.9 cm³/mol. The molecular formula is C6H8F3N2O3S+. The molecule has 0 spiro atoms. The minimum Gasteiger partial charge on any atom is -0.238 e. The van der Waals surface area contributed by atoms with Crippen molar-refractivity contribution in [2.75, 3.05) is 6.61 Å². The van der Waals surface area contributed by atoms with Gasteiger partial charge in [0.05, 0.1) is 7.05 Å². The summed E-state index contributed by atoms with van der Waals surface area (Å²) in [5.74, 6) is 0. The Morgan fingerprint density at radius 2 is 2.07 bits per heavy atom. The van der Waals surface area contributed by atoms with Crippen LogP contribution in [-0.2, 0) is 21.5 Å². The Morgan fingerprint density at radius 1 is 1.47 bits per heavy atom. The van der Waals surface area contributed by atoms with Crippen LogP contribution in [-0.4, -0.2) is 25.2 Å². The molecule has 1 aromatic rings. The van der Waals surface area contributed by atoms with Crippen molar-refractivity contribution in [1.82, 2.24) is 3.97 Å². The van der Waals surface area contributed by atoms with E-state index in [4.69, 9.17) is 0 Å². The second kappa shape index (κ2) is 3.81. The molecule has 0 saturated heterocycles. The number of aromatic nitrogens is 2. The van der Waals surface area contributed by atoms with E-state index in [1.54, 1.807) is 0 Å². The molecule has 86 valence electrons. The summed E-state index contributed by atoms with van der Waals surface area (Å²) in [4.78, 5) is 0. The van der Waals surface area contributed by atoms with Crippen molar-refractivity contribution in [2.24, 2.45) is 7.05 Å². The van der Waals surface area contributed by atoms with Gasteiger partial charge in [0.1, 0.15) is 12.4 Å². The van der Waals surface area contributed by atoms with Gasteiger partial charge in [-0.25, -0.2) is 8.75 Å². The van der Waals surface area contributed by atoms with Gasteiger partial charge < -0.3 is 0 Å². The van der Waals surface area contributed by atoms with Gasteiger partial charge in [-0.15, -0.1) is 3.97 Å². The van der Waals surface area contributed by atoms with Crippen LogP contribution in [0.5, 0.6) is 0 Å². The van der Waals surface area contributed by atoms with Gasteiger partial charge >= 0.3 is 16.5 Å². The van der Waals surface area contributed by atoms with Gasteiger partial charge in [-0.05, 0) is 0 Å². The molecule has 0 bridgehead atoms. The molecule has 0 amide bonds. The number of hydrogen-bond acceptors (Lipinski definition) is 3. The topological polar surface area (TPSA) is 52.2 Å². The monoisotopic (exact) mass is 245 g/mol. The van der Waals surface area contributed by atoms with Crippen LogP contribution >= 0.6 is 0 Å². The highest BCUT2D eigenvalue weighted by Crippen LogP contribution is 2.16. The van der Waals surface area contributed by atoms with Crippen molar-refractivity contribution in [3.8, 4) is 0 Å². The summed E-state index contributed by atoms with van der Waals surface area (Å²) in [6.07, 6.45) is -1.17. The lowest BCUT2D eigenvalue weighted by Crippen LogP contribution is -2.27. The Hall–Kier alpha value is -1.09. The van der Waals surface area contributed by atoms with Gasteiger partial charge in [-0.1, -0.05) is 0 Å². The third-order valence-electron chi connectivity index (χ3n) is 1.37. The number of aryl methyl sites for hydroxylation is 1. The number of halogens is 3. The summed E-state index contributed by atoms with van der Waals surface area (Å²) in [6, 6.07) is 0. The maximum atomic E-state index is 11.7. The molecule has 0 aromatic carbocycles. The van der Waals surface area contributed by atoms with Crippen molar-refractivity contribution < 1.29 is 30.3 Å². The molecule has 1 rings (SSSR count). The minimum absolute atomic E-state index is 0.554. The molecule has 0 aliphatic carbocycles. The third-order valence-corrected chi connectivity index (χ3v) is 2.52. The van der Waals surface area contributed by atoms with E-state index >= 15 is 0 Å². The highest BCUT2D eigenvalue weighted by molar-refractivity contribution is 7.85. The Labute approximate surface area is 84.0 Å². The van der Waals surface area contributed by atoms with E-state index in [1.807, 2.05) is 0 Å². The quantitative estimate of drug-likeness (QED) is 0.703. The van der Waals surface area contributed by atoms with Crippen LogP contribution in [0.1, 0.15) is 0 Å². The van der Waals surface area contributed by atoms with Gasteiger partial charge in [0, 0.05) is 0 Å². The molecule has 5 nitrogen and oxygen atoms in total. The lowest BCUT2D eigenvalue weighted by Gasteiger charge is -2.04. The fourth-order valence-corrected chi connectivity index (χ4v) is 1.63. The van der Waals surface area contributed by atoms with Crippen LogP contribution in [0.2, 0.25) is 0 Å². The number of nitrogens with zero attached hydrogens (tertiary/aromatic N) is 2. The summed E-state index contributed by atoms with van der Waals surface area (Å²) in [5, 5.41) is 0. The van der Waals surface area contributed by atoms with E-state index in [1.165, 1.54) is 17.8 Å². The molecule has 0 saturated carbocycles. The number of imidazole rings is 1. The first-order valence-electron chi connectivity index (χ1n) is 3.71. The predicted octanol–water partition coefficient (Wildman–Crippen LogP) is -0.0156. The first-order chi connectivity index (χ1) is 6.71. The Bertz CT molecular complexity index is 437.